The summed E-state index contributed by atoms with van der Waals surface area (Å²) in [4.78, 5) is 13.4. The lowest BCUT2D eigenvalue weighted by atomic mass is 9.99. The van der Waals surface area contributed by atoms with Crippen LogP contribution in [0.15, 0.2) is 30.6 Å². The van der Waals surface area contributed by atoms with Crippen molar-refractivity contribution >= 4 is 0 Å². The van der Waals surface area contributed by atoms with E-state index in [4.69, 9.17) is 4.98 Å². The molecule has 1 atom stereocenters. The molecule has 4 rings (SSSR count). The van der Waals surface area contributed by atoms with Gasteiger partial charge in [0.1, 0.15) is 0 Å². The number of tetrazole rings is 1. The van der Waals surface area contributed by atoms with Crippen molar-refractivity contribution in [2.75, 3.05) is 13.1 Å². The quantitative estimate of drug-likeness (QED) is 0.772. The van der Waals surface area contributed by atoms with Crippen LogP contribution in [0, 0.1) is 0 Å². The van der Waals surface area contributed by atoms with E-state index in [0.717, 1.165) is 49.4 Å². The van der Waals surface area contributed by atoms with Crippen LogP contribution in [0.3, 0.4) is 0 Å². The van der Waals surface area contributed by atoms with Crippen LogP contribution in [0.1, 0.15) is 37.2 Å². The number of rotatable bonds is 4. The third-order valence-electron chi connectivity index (χ3n) is 4.44. The van der Waals surface area contributed by atoms with Crippen molar-refractivity contribution in [1.82, 2.24) is 40.5 Å². The molecule has 1 aliphatic heterocycles. The molecule has 1 saturated heterocycles. The van der Waals surface area contributed by atoms with Crippen LogP contribution in [0.2, 0.25) is 0 Å². The molecule has 1 N–H and O–H groups in total. The highest BCUT2D eigenvalue weighted by atomic mass is 15.6. The van der Waals surface area contributed by atoms with Gasteiger partial charge in [-0.3, -0.25) is 4.98 Å². The van der Waals surface area contributed by atoms with Gasteiger partial charge in [-0.2, -0.15) is 4.68 Å². The lowest BCUT2D eigenvalue weighted by Gasteiger charge is -2.21. The fraction of sp³-hybridized carbons (Fsp3) is 0.412. The Balaban J connectivity index is 1.77. The van der Waals surface area contributed by atoms with Gasteiger partial charge in [0.15, 0.2) is 17.5 Å². The Morgan fingerprint density at radius 3 is 2.88 bits per heavy atom. The molecule has 1 unspecified atom stereocenters. The topological polar surface area (TPSA) is 94.3 Å². The smallest absolute Gasteiger partial charge is 0.162 e. The van der Waals surface area contributed by atoms with Gasteiger partial charge < -0.3 is 5.32 Å². The van der Waals surface area contributed by atoms with E-state index in [1.165, 1.54) is 0 Å². The van der Waals surface area contributed by atoms with Gasteiger partial charge in [0.05, 0.1) is 0 Å². The second-order valence-corrected chi connectivity index (χ2v) is 6.12. The molecule has 3 aromatic heterocycles. The molecule has 0 spiro atoms. The summed E-state index contributed by atoms with van der Waals surface area (Å²) in [5.41, 5.74) is 1.89. The van der Waals surface area contributed by atoms with E-state index in [0.29, 0.717) is 17.6 Å². The van der Waals surface area contributed by atoms with E-state index in [-0.39, 0.29) is 0 Å². The summed E-state index contributed by atoms with van der Waals surface area (Å²) in [5, 5.41) is 15.8. The van der Waals surface area contributed by atoms with Crippen LogP contribution in [0.25, 0.3) is 17.2 Å². The van der Waals surface area contributed by atoms with Gasteiger partial charge >= 0.3 is 0 Å². The number of nitrogens with one attached hydrogen (secondary N) is 1. The third-order valence-corrected chi connectivity index (χ3v) is 4.44. The molecule has 128 valence electrons. The number of aryl methyl sites for hydroxylation is 1. The first-order valence-corrected chi connectivity index (χ1v) is 8.63. The molecule has 4 heterocycles. The van der Waals surface area contributed by atoms with Crippen molar-refractivity contribution in [3.05, 3.63) is 42.1 Å². The summed E-state index contributed by atoms with van der Waals surface area (Å²) in [5.74, 6) is 2.53. The standard InChI is InChI=1S/C17H20N8/c1-2-14-10-15(21-16(20-14)12-5-8-18-9-6-12)25-17(22-23-24-25)13-4-3-7-19-11-13/h5-6,8-10,13,19H,2-4,7,11H2,1H3. The van der Waals surface area contributed by atoms with Crippen molar-refractivity contribution < 1.29 is 0 Å². The fourth-order valence-electron chi connectivity index (χ4n) is 3.09. The largest absolute Gasteiger partial charge is 0.316 e. The van der Waals surface area contributed by atoms with Gasteiger partial charge in [-0.05, 0) is 48.4 Å². The van der Waals surface area contributed by atoms with E-state index < -0.39 is 0 Å². The normalized spacial score (nSPS) is 17.6. The van der Waals surface area contributed by atoms with Gasteiger partial charge in [0.25, 0.3) is 0 Å². The molecule has 0 radical (unpaired) electrons. The van der Waals surface area contributed by atoms with Crippen LogP contribution in [0.4, 0.5) is 0 Å². The van der Waals surface area contributed by atoms with E-state index in [1.807, 2.05) is 18.2 Å². The summed E-state index contributed by atoms with van der Waals surface area (Å²) in [7, 11) is 0. The van der Waals surface area contributed by atoms with E-state index in [2.05, 4.69) is 37.7 Å². The summed E-state index contributed by atoms with van der Waals surface area (Å²) in [6, 6.07) is 5.77. The van der Waals surface area contributed by atoms with Crippen molar-refractivity contribution in [3.63, 3.8) is 0 Å². The maximum Gasteiger partial charge on any atom is 0.162 e. The monoisotopic (exact) mass is 336 g/mol. The highest BCUT2D eigenvalue weighted by Crippen LogP contribution is 2.23. The van der Waals surface area contributed by atoms with E-state index >= 15 is 0 Å². The predicted octanol–water partition coefficient (Wildman–Crippen LogP) is 1.54. The molecule has 1 fully saturated rings. The molecular formula is C17H20N8. The van der Waals surface area contributed by atoms with Gasteiger partial charge in [0, 0.05) is 42.2 Å². The Bertz CT molecular complexity index is 839. The molecule has 1 aliphatic rings. The van der Waals surface area contributed by atoms with Gasteiger partial charge in [0.2, 0.25) is 0 Å². The van der Waals surface area contributed by atoms with Crippen LogP contribution in [-0.2, 0) is 6.42 Å². The molecule has 8 nitrogen and oxygen atoms in total. The minimum Gasteiger partial charge on any atom is -0.316 e. The summed E-state index contributed by atoms with van der Waals surface area (Å²) < 4.78 is 1.75. The Morgan fingerprint density at radius 1 is 1.24 bits per heavy atom. The number of aromatic nitrogens is 7. The van der Waals surface area contributed by atoms with E-state index in [1.54, 1.807) is 17.1 Å². The van der Waals surface area contributed by atoms with Crippen LogP contribution >= 0.6 is 0 Å². The Morgan fingerprint density at radius 2 is 2.12 bits per heavy atom. The Kier molecular flexibility index (Phi) is 4.43. The first-order valence-electron chi connectivity index (χ1n) is 8.63. The number of hydrogen-bond acceptors (Lipinski definition) is 7. The van der Waals surface area contributed by atoms with Gasteiger partial charge in [-0.1, -0.05) is 6.92 Å². The molecule has 0 saturated carbocycles. The maximum absolute atomic E-state index is 4.71. The summed E-state index contributed by atoms with van der Waals surface area (Å²) in [6.45, 7) is 4.02. The third kappa shape index (κ3) is 3.25. The van der Waals surface area contributed by atoms with Crippen LogP contribution in [0.5, 0.6) is 0 Å². The zero-order valence-corrected chi connectivity index (χ0v) is 14.1. The van der Waals surface area contributed by atoms with Crippen LogP contribution in [-0.4, -0.2) is 48.2 Å². The molecule has 8 heteroatoms. The number of pyridine rings is 1. The fourth-order valence-corrected chi connectivity index (χ4v) is 3.09. The van der Waals surface area contributed by atoms with Crippen molar-refractivity contribution in [1.29, 1.82) is 0 Å². The molecule has 0 amide bonds. The first kappa shape index (κ1) is 15.8. The number of nitrogens with zero attached hydrogens (tertiary/aromatic N) is 7. The van der Waals surface area contributed by atoms with Crippen molar-refractivity contribution in [3.8, 4) is 17.2 Å². The predicted molar refractivity (Wildman–Crippen MR) is 92.2 cm³/mol. The minimum atomic E-state index is 0.299. The zero-order valence-electron chi connectivity index (χ0n) is 14.1. The molecule has 25 heavy (non-hydrogen) atoms. The van der Waals surface area contributed by atoms with Crippen molar-refractivity contribution in [2.45, 2.75) is 32.1 Å². The second-order valence-electron chi connectivity index (χ2n) is 6.12. The Hall–Kier alpha value is -2.74. The average Bonchev–Trinajstić information content (AvgIpc) is 3.19. The van der Waals surface area contributed by atoms with Crippen LogP contribution < -0.4 is 5.32 Å². The number of piperidine rings is 1. The average molecular weight is 336 g/mol. The summed E-state index contributed by atoms with van der Waals surface area (Å²) in [6.07, 6.45) is 6.51. The lowest BCUT2D eigenvalue weighted by molar-refractivity contribution is 0.439. The van der Waals surface area contributed by atoms with Crippen molar-refractivity contribution in [2.24, 2.45) is 0 Å². The minimum absolute atomic E-state index is 0.299. The van der Waals surface area contributed by atoms with Gasteiger partial charge in [-0.25, -0.2) is 9.97 Å². The molecular weight excluding hydrogens is 316 g/mol. The first-order chi connectivity index (χ1) is 12.3. The maximum atomic E-state index is 4.71. The SMILES string of the molecule is CCc1cc(-n2nnnc2C2CCCNC2)nc(-c2ccncc2)n1. The lowest BCUT2D eigenvalue weighted by Crippen LogP contribution is -2.30. The molecule has 0 aromatic carbocycles. The summed E-state index contributed by atoms with van der Waals surface area (Å²) >= 11 is 0. The highest BCUT2D eigenvalue weighted by Gasteiger charge is 2.23. The second kappa shape index (κ2) is 7.02. The zero-order chi connectivity index (χ0) is 17.1. The molecule has 0 aliphatic carbocycles. The highest BCUT2D eigenvalue weighted by molar-refractivity contribution is 5.55. The molecule has 0 bridgehead atoms. The molecule has 3 aromatic rings. The number of hydrogen-bond donors (Lipinski definition) is 1. The van der Waals surface area contributed by atoms with E-state index in [9.17, 15) is 0 Å². The Labute approximate surface area is 145 Å². The van der Waals surface area contributed by atoms with Gasteiger partial charge in [-0.15, -0.1) is 5.10 Å².